The first-order valence-corrected chi connectivity index (χ1v) is 6.39. The predicted octanol–water partition coefficient (Wildman–Crippen LogP) is 2.55. The van der Waals surface area contributed by atoms with Crippen LogP contribution in [0.15, 0.2) is 54.9 Å². The fourth-order valence-electron chi connectivity index (χ4n) is 1.83. The number of nitrogen functional groups attached to an aromatic ring is 1. The van der Waals surface area contributed by atoms with Crippen LogP contribution in [0.5, 0.6) is 0 Å². The number of hydrogen-bond acceptors (Lipinski definition) is 3. The molecule has 102 valence electrons. The molecule has 1 unspecified atom stereocenters. The first kappa shape index (κ1) is 13.8. The molecular formula is C16H17N3O. The van der Waals surface area contributed by atoms with E-state index in [1.54, 1.807) is 18.5 Å². The Morgan fingerprint density at radius 2 is 2.05 bits per heavy atom. The highest BCUT2D eigenvalue weighted by Crippen LogP contribution is 2.11. The molecule has 0 saturated heterocycles. The summed E-state index contributed by atoms with van der Waals surface area (Å²) in [4.78, 5) is 15.8. The number of nitrogens with two attached hydrogens (primary N) is 1. The zero-order valence-electron chi connectivity index (χ0n) is 11.3. The molecule has 1 heterocycles. The smallest absolute Gasteiger partial charge is 0.244 e. The maximum absolute atomic E-state index is 11.8. The maximum Gasteiger partial charge on any atom is 0.244 e. The topological polar surface area (TPSA) is 68.0 Å². The lowest BCUT2D eigenvalue weighted by atomic mass is 10.1. The van der Waals surface area contributed by atoms with E-state index in [9.17, 15) is 4.79 Å². The van der Waals surface area contributed by atoms with Gasteiger partial charge in [-0.05, 0) is 48.4 Å². The summed E-state index contributed by atoms with van der Waals surface area (Å²) >= 11 is 0. The Bertz CT molecular complexity index is 608. The van der Waals surface area contributed by atoms with Crippen LogP contribution < -0.4 is 11.1 Å². The van der Waals surface area contributed by atoms with Gasteiger partial charge < -0.3 is 11.1 Å². The Kier molecular flexibility index (Phi) is 4.50. The number of amides is 1. The number of nitrogens with zero attached hydrogens (tertiary/aromatic N) is 1. The number of nitrogens with one attached hydrogen (secondary N) is 1. The predicted molar refractivity (Wildman–Crippen MR) is 80.7 cm³/mol. The Morgan fingerprint density at radius 1 is 1.30 bits per heavy atom. The number of hydrogen-bond donors (Lipinski definition) is 2. The molecule has 0 fully saturated rings. The standard InChI is InChI=1S/C16H17N3O/c1-12(14-7-9-18-10-8-14)19-16(20)6-5-13-3-2-4-15(17)11-13/h2-12H,17H2,1H3,(H,19,20)/b6-5+. The molecule has 0 spiro atoms. The number of anilines is 1. The summed E-state index contributed by atoms with van der Waals surface area (Å²) in [5, 5.41) is 2.90. The lowest BCUT2D eigenvalue weighted by Crippen LogP contribution is -2.24. The summed E-state index contributed by atoms with van der Waals surface area (Å²) in [6.07, 6.45) is 6.67. The minimum Gasteiger partial charge on any atom is -0.399 e. The zero-order valence-corrected chi connectivity index (χ0v) is 11.3. The number of pyridine rings is 1. The lowest BCUT2D eigenvalue weighted by molar-refractivity contribution is -0.117. The highest BCUT2D eigenvalue weighted by atomic mass is 16.1. The number of rotatable bonds is 4. The number of carbonyl (C=O) groups excluding carboxylic acids is 1. The van der Waals surface area contributed by atoms with Crippen molar-refractivity contribution < 1.29 is 4.79 Å². The van der Waals surface area contributed by atoms with E-state index in [1.807, 2.05) is 43.3 Å². The van der Waals surface area contributed by atoms with E-state index in [2.05, 4.69) is 10.3 Å². The molecule has 1 aromatic carbocycles. The van der Waals surface area contributed by atoms with Crippen LogP contribution >= 0.6 is 0 Å². The van der Waals surface area contributed by atoms with Crippen LogP contribution in [0.25, 0.3) is 6.08 Å². The highest BCUT2D eigenvalue weighted by molar-refractivity contribution is 5.92. The van der Waals surface area contributed by atoms with Crippen LogP contribution in [0.1, 0.15) is 24.1 Å². The van der Waals surface area contributed by atoms with Crippen LogP contribution in [0, 0.1) is 0 Å². The third-order valence-corrected chi connectivity index (χ3v) is 2.90. The normalized spacial score (nSPS) is 12.2. The van der Waals surface area contributed by atoms with Gasteiger partial charge in [0.05, 0.1) is 6.04 Å². The average Bonchev–Trinajstić information content (AvgIpc) is 2.46. The summed E-state index contributed by atoms with van der Waals surface area (Å²) in [5.41, 5.74) is 8.28. The Hall–Kier alpha value is -2.62. The van der Waals surface area contributed by atoms with Crippen molar-refractivity contribution in [1.29, 1.82) is 0 Å². The van der Waals surface area contributed by atoms with E-state index >= 15 is 0 Å². The molecule has 0 aliphatic rings. The van der Waals surface area contributed by atoms with Gasteiger partial charge in [0, 0.05) is 24.2 Å². The third-order valence-electron chi connectivity index (χ3n) is 2.90. The van der Waals surface area contributed by atoms with Gasteiger partial charge in [0.25, 0.3) is 0 Å². The molecule has 3 N–H and O–H groups in total. The Balaban J connectivity index is 1.96. The van der Waals surface area contributed by atoms with Gasteiger partial charge >= 0.3 is 0 Å². The monoisotopic (exact) mass is 267 g/mol. The molecule has 0 aliphatic carbocycles. The zero-order chi connectivity index (χ0) is 14.4. The average molecular weight is 267 g/mol. The van der Waals surface area contributed by atoms with Gasteiger partial charge in [-0.3, -0.25) is 9.78 Å². The van der Waals surface area contributed by atoms with Gasteiger partial charge in [0.2, 0.25) is 5.91 Å². The molecular weight excluding hydrogens is 250 g/mol. The lowest BCUT2D eigenvalue weighted by Gasteiger charge is -2.12. The van der Waals surface area contributed by atoms with Crippen LogP contribution in [-0.4, -0.2) is 10.9 Å². The first-order valence-electron chi connectivity index (χ1n) is 6.39. The molecule has 0 radical (unpaired) electrons. The minimum absolute atomic E-state index is 0.0593. The van der Waals surface area contributed by atoms with Crippen molar-refractivity contribution >= 4 is 17.7 Å². The van der Waals surface area contributed by atoms with Gasteiger partial charge in [-0.2, -0.15) is 0 Å². The van der Waals surface area contributed by atoms with Gasteiger partial charge in [-0.15, -0.1) is 0 Å². The molecule has 0 saturated carbocycles. The first-order chi connectivity index (χ1) is 9.65. The molecule has 1 amide bonds. The van der Waals surface area contributed by atoms with Gasteiger partial charge in [-0.25, -0.2) is 0 Å². The molecule has 1 aromatic heterocycles. The van der Waals surface area contributed by atoms with Crippen LogP contribution in [0.4, 0.5) is 5.69 Å². The number of carbonyl (C=O) groups is 1. The summed E-state index contributed by atoms with van der Waals surface area (Å²) < 4.78 is 0. The molecule has 2 aromatic rings. The fraction of sp³-hybridized carbons (Fsp3) is 0.125. The highest BCUT2D eigenvalue weighted by Gasteiger charge is 2.06. The molecule has 4 nitrogen and oxygen atoms in total. The van der Waals surface area contributed by atoms with E-state index in [0.717, 1.165) is 11.1 Å². The van der Waals surface area contributed by atoms with Crippen molar-refractivity contribution in [2.75, 3.05) is 5.73 Å². The van der Waals surface area contributed by atoms with E-state index in [0.29, 0.717) is 5.69 Å². The SMILES string of the molecule is CC(NC(=O)/C=C/c1cccc(N)c1)c1ccncc1. The van der Waals surface area contributed by atoms with Crippen molar-refractivity contribution in [3.05, 3.63) is 66.0 Å². The minimum atomic E-state index is -0.142. The second kappa shape index (κ2) is 6.52. The van der Waals surface area contributed by atoms with E-state index in [1.165, 1.54) is 6.08 Å². The van der Waals surface area contributed by atoms with Crippen molar-refractivity contribution in [1.82, 2.24) is 10.3 Å². The third kappa shape index (κ3) is 3.95. The van der Waals surface area contributed by atoms with Gasteiger partial charge in [0.1, 0.15) is 0 Å². The molecule has 0 aliphatic heterocycles. The van der Waals surface area contributed by atoms with Crippen molar-refractivity contribution in [2.24, 2.45) is 0 Å². The fourth-order valence-corrected chi connectivity index (χ4v) is 1.83. The van der Waals surface area contributed by atoms with Crippen LogP contribution in [0.2, 0.25) is 0 Å². The van der Waals surface area contributed by atoms with E-state index < -0.39 is 0 Å². The molecule has 4 heteroatoms. The molecule has 0 bridgehead atoms. The summed E-state index contributed by atoms with van der Waals surface area (Å²) in [5.74, 6) is -0.142. The van der Waals surface area contributed by atoms with Crippen molar-refractivity contribution in [2.45, 2.75) is 13.0 Å². The maximum atomic E-state index is 11.8. The van der Waals surface area contributed by atoms with Crippen LogP contribution in [0.3, 0.4) is 0 Å². The quantitative estimate of drug-likeness (QED) is 0.660. The second-order valence-corrected chi connectivity index (χ2v) is 4.51. The van der Waals surface area contributed by atoms with Crippen LogP contribution in [-0.2, 0) is 4.79 Å². The van der Waals surface area contributed by atoms with E-state index in [-0.39, 0.29) is 11.9 Å². The van der Waals surface area contributed by atoms with Crippen molar-refractivity contribution in [3.8, 4) is 0 Å². The van der Waals surface area contributed by atoms with E-state index in [4.69, 9.17) is 5.73 Å². The number of benzene rings is 1. The largest absolute Gasteiger partial charge is 0.399 e. The number of aromatic nitrogens is 1. The molecule has 1 atom stereocenters. The molecule has 2 rings (SSSR count). The Labute approximate surface area is 118 Å². The summed E-state index contributed by atoms with van der Waals surface area (Å²) in [6, 6.07) is 11.1. The van der Waals surface area contributed by atoms with Gasteiger partial charge in [0.15, 0.2) is 0 Å². The summed E-state index contributed by atoms with van der Waals surface area (Å²) in [6.45, 7) is 1.93. The Morgan fingerprint density at radius 3 is 2.75 bits per heavy atom. The second-order valence-electron chi connectivity index (χ2n) is 4.51. The van der Waals surface area contributed by atoms with Gasteiger partial charge in [-0.1, -0.05) is 12.1 Å². The van der Waals surface area contributed by atoms with Crippen molar-refractivity contribution in [3.63, 3.8) is 0 Å². The summed E-state index contributed by atoms with van der Waals surface area (Å²) in [7, 11) is 0. The molecule has 20 heavy (non-hydrogen) atoms.